The summed E-state index contributed by atoms with van der Waals surface area (Å²) in [7, 11) is 0. The Hall–Kier alpha value is -2.20. The van der Waals surface area contributed by atoms with Gasteiger partial charge in [0.1, 0.15) is 0 Å². The average Bonchev–Trinajstić information content (AvgIpc) is 2.50. The molecule has 3 aromatic rings. The molecule has 0 spiro atoms. The molecule has 0 bridgehead atoms. The topological polar surface area (TPSA) is 42.0 Å². The summed E-state index contributed by atoms with van der Waals surface area (Å²) >= 11 is 3.44. The third kappa shape index (κ3) is 2.81. The highest BCUT2D eigenvalue weighted by molar-refractivity contribution is 9.10. The zero-order chi connectivity index (χ0) is 14.8. The second-order valence-electron chi connectivity index (χ2n) is 4.78. The molecule has 1 amide bonds. The summed E-state index contributed by atoms with van der Waals surface area (Å²) in [6.07, 6.45) is 1.67. The van der Waals surface area contributed by atoms with Gasteiger partial charge in [0.05, 0.1) is 17.4 Å². The zero-order valence-electron chi connectivity index (χ0n) is 11.4. The molecule has 1 heterocycles. The predicted molar refractivity (Wildman–Crippen MR) is 88.6 cm³/mol. The fourth-order valence-corrected chi connectivity index (χ4v) is 2.56. The molecular formula is C17H13BrN2O. The fraction of sp³-hybridized carbons (Fsp3) is 0.0588. The number of benzene rings is 2. The van der Waals surface area contributed by atoms with Crippen LogP contribution in [-0.2, 0) is 0 Å². The van der Waals surface area contributed by atoms with Crippen LogP contribution in [0.5, 0.6) is 0 Å². The summed E-state index contributed by atoms with van der Waals surface area (Å²) in [4.78, 5) is 16.7. The second-order valence-corrected chi connectivity index (χ2v) is 5.64. The molecule has 0 aliphatic rings. The number of carbonyl (C=O) groups is 1. The largest absolute Gasteiger partial charge is 0.321 e. The number of hydrogen-bond acceptors (Lipinski definition) is 2. The van der Waals surface area contributed by atoms with Gasteiger partial charge in [0.15, 0.2) is 0 Å². The van der Waals surface area contributed by atoms with Gasteiger partial charge in [-0.15, -0.1) is 0 Å². The molecule has 4 heteroatoms. The van der Waals surface area contributed by atoms with Crippen LogP contribution in [0.15, 0.2) is 59.2 Å². The Balaban J connectivity index is 1.91. The molecule has 0 atom stereocenters. The molecule has 0 aliphatic heterocycles. The van der Waals surface area contributed by atoms with Gasteiger partial charge in [0, 0.05) is 15.4 Å². The van der Waals surface area contributed by atoms with Crippen molar-refractivity contribution < 1.29 is 4.79 Å². The van der Waals surface area contributed by atoms with Gasteiger partial charge >= 0.3 is 0 Å². The lowest BCUT2D eigenvalue weighted by Gasteiger charge is -2.09. The minimum Gasteiger partial charge on any atom is -0.321 e. The summed E-state index contributed by atoms with van der Waals surface area (Å²) in [5.74, 6) is -0.133. The van der Waals surface area contributed by atoms with E-state index in [1.54, 1.807) is 6.20 Å². The molecule has 3 rings (SSSR count). The van der Waals surface area contributed by atoms with E-state index in [0.29, 0.717) is 11.3 Å². The zero-order valence-corrected chi connectivity index (χ0v) is 13.0. The second kappa shape index (κ2) is 5.66. The molecule has 0 radical (unpaired) electrons. The quantitative estimate of drug-likeness (QED) is 0.743. The van der Waals surface area contributed by atoms with Crippen molar-refractivity contribution in [2.45, 2.75) is 6.92 Å². The molecule has 0 fully saturated rings. The van der Waals surface area contributed by atoms with Crippen LogP contribution in [0.4, 0.5) is 5.69 Å². The van der Waals surface area contributed by atoms with Crippen LogP contribution in [0, 0.1) is 6.92 Å². The van der Waals surface area contributed by atoms with Crippen molar-refractivity contribution in [1.82, 2.24) is 4.98 Å². The number of rotatable bonds is 2. The average molecular weight is 341 g/mol. The van der Waals surface area contributed by atoms with E-state index in [-0.39, 0.29) is 5.91 Å². The Morgan fingerprint density at radius 2 is 1.95 bits per heavy atom. The molecule has 0 aliphatic carbocycles. The van der Waals surface area contributed by atoms with E-state index < -0.39 is 0 Å². The van der Waals surface area contributed by atoms with Crippen LogP contribution in [0.3, 0.4) is 0 Å². The molecule has 1 aromatic heterocycles. The van der Waals surface area contributed by atoms with E-state index in [1.165, 1.54) is 0 Å². The highest BCUT2D eigenvalue weighted by atomic mass is 79.9. The highest BCUT2D eigenvalue weighted by Gasteiger charge is 2.11. The minimum atomic E-state index is -0.133. The van der Waals surface area contributed by atoms with Crippen LogP contribution in [0.25, 0.3) is 10.9 Å². The van der Waals surface area contributed by atoms with Gasteiger partial charge in [-0.3, -0.25) is 9.78 Å². The summed E-state index contributed by atoms with van der Waals surface area (Å²) in [6, 6.07) is 15.3. The molecule has 104 valence electrons. The predicted octanol–water partition coefficient (Wildman–Crippen LogP) is 4.56. The number of pyridine rings is 1. The van der Waals surface area contributed by atoms with Crippen LogP contribution >= 0.6 is 15.9 Å². The molecular weight excluding hydrogens is 328 g/mol. The summed E-state index contributed by atoms with van der Waals surface area (Å²) in [5, 5.41) is 3.90. The summed E-state index contributed by atoms with van der Waals surface area (Å²) in [5.41, 5.74) is 3.17. The first kappa shape index (κ1) is 13.8. The maximum absolute atomic E-state index is 12.4. The van der Waals surface area contributed by atoms with E-state index in [1.807, 2.05) is 55.5 Å². The normalized spacial score (nSPS) is 10.6. The van der Waals surface area contributed by atoms with Crippen molar-refractivity contribution in [2.75, 3.05) is 5.32 Å². The Bertz CT molecular complexity index is 830. The van der Waals surface area contributed by atoms with Crippen LogP contribution in [0.2, 0.25) is 0 Å². The van der Waals surface area contributed by atoms with E-state index in [9.17, 15) is 4.79 Å². The van der Waals surface area contributed by atoms with Gasteiger partial charge in [-0.1, -0.05) is 40.2 Å². The van der Waals surface area contributed by atoms with Crippen LogP contribution < -0.4 is 5.32 Å². The Kier molecular flexibility index (Phi) is 3.71. The molecule has 0 saturated heterocycles. The lowest BCUT2D eigenvalue weighted by atomic mass is 10.1. The van der Waals surface area contributed by atoms with Gasteiger partial charge in [0.2, 0.25) is 0 Å². The van der Waals surface area contributed by atoms with Gasteiger partial charge in [-0.05, 0) is 36.8 Å². The monoisotopic (exact) mass is 340 g/mol. The van der Waals surface area contributed by atoms with E-state index in [0.717, 1.165) is 20.9 Å². The van der Waals surface area contributed by atoms with Crippen molar-refractivity contribution in [3.8, 4) is 0 Å². The van der Waals surface area contributed by atoms with Gasteiger partial charge in [0.25, 0.3) is 5.91 Å². The first-order valence-electron chi connectivity index (χ1n) is 6.56. The maximum atomic E-state index is 12.4. The standard InChI is InChI=1S/C17H13BrN2O/c1-11-14(6-4-7-15(11)18)17(21)20-13-9-12-5-2-3-8-16(12)19-10-13/h2-10H,1H3,(H,20,21). The Morgan fingerprint density at radius 3 is 2.81 bits per heavy atom. The van der Waals surface area contributed by atoms with Gasteiger partial charge in [-0.2, -0.15) is 0 Å². The Labute approximate surface area is 131 Å². The Morgan fingerprint density at radius 1 is 1.14 bits per heavy atom. The van der Waals surface area contributed by atoms with Crippen molar-refractivity contribution in [3.05, 3.63) is 70.3 Å². The lowest BCUT2D eigenvalue weighted by Crippen LogP contribution is -2.13. The third-order valence-corrected chi connectivity index (χ3v) is 4.22. The van der Waals surface area contributed by atoms with Crippen LogP contribution in [0.1, 0.15) is 15.9 Å². The fourth-order valence-electron chi connectivity index (χ4n) is 2.19. The number of hydrogen-bond donors (Lipinski definition) is 1. The first-order chi connectivity index (χ1) is 10.1. The molecule has 2 aromatic carbocycles. The number of halogens is 1. The molecule has 1 N–H and O–H groups in total. The van der Waals surface area contributed by atoms with Crippen molar-refractivity contribution in [3.63, 3.8) is 0 Å². The van der Waals surface area contributed by atoms with Crippen molar-refractivity contribution >= 4 is 38.4 Å². The number of para-hydroxylation sites is 1. The number of amides is 1. The number of nitrogens with zero attached hydrogens (tertiary/aromatic N) is 1. The molecule has 3 nitrogen and oxygen atoms in total. The van der Waals surface area contributed by atoms with E-state index >= 15 is 0 Å². The molecule has 0 unspecified atom stereocenters. The molecule has 0 saturated carbocycles. The first-order valence-corrected chi connectivity index (χ1v) is 7.36. The summed E-state index contributed by atoms with van der Waals surface area (Å²) in [6.45, 7) is 1.91. The third-order valence-electron chi connectivity index (χ3n) is 3.36. The maximum Gasteiger partial charge on any atom is 0.256 e. The van der Waals surface area contributed by atoms with Crippen molar-refractivity contribution in [1.29, 1.82) is 0 Å². The van der Waals surface area contributed by atoms with Gasteiger partial charge in [-0.25, -0.2) is 0 Å². The number of nitrogens with one attached hydrogen (secondary N) is 1. The molecule has 21 heavy (non-hydrogen) atoms. The smallest absolute Gasteiger partial charge is 0.256 e. The number of fused-ring (bicyclic) bond motifs is 1. The lowest BCUT2D eigenvalue weighted by molar-refractivity contribution is 0.102. The number of aromatic nitrogens is 1. The summed E-state index contributed by atoms with van der Waals surface area (Å²) < 4.78 is 0.923. The number of anilines is 1. The minimum absolute atomic E-state index is 0.133. The van der Waals surface area contributed by atoms with E-state index in [2.05, 4.69) is 26.2 Å². The SMILES string of the molecule is Cc1c(Br)cccc1C(=O)Nc1cnc2ccccc2c1. The van der Waals surface area contributed by atoms with Gasteiger partial charge < -0.3 is 5.32 Å². The van der Waals surface area contributed by atoms with Crippen molar-refractivity contribution in [2.24, 2.45) is 0 Å². The van der Waals surface area contributed by atoms with E-state index in [4.69, 9.17) is 0 Å². The van der Waals surface area contributed by atoms with Crippen LogP contribution in [-0.4, -0.2) is 10.9 Å². The number of carbonyl (C=O) groups excluding carboxylic acids is 1. The highest BCUT2D eigenvalue weighted by Crippen LogP contribution is 2.21.